The molecule has 0 aliphatic carbocycles. The van der Waals surface area contributed by atoms with E-state index < -0.39 is 21.7 Å². The van der Waals surface area contributed by atoms with Gasteiger partial charge in [-0.25, -0.2) is 12.8 Å². The third kappa shape index (κ3) is 5.62. The standard InChI is InChI=1S/C24H30FN3O3S/c1-3-28(4-2)32(30,31)21-12-13-23(25)22(19-21)24(29)27-17-15-26(16-18-27)14-8-11-20-9-6-5-7-10-20/h5-13,19H,3-4,14-18H2,1-2H3/b11-8+. The van der Waals surface area contributed by atoms with Crippen molar-refractivity contribution in [2.75, 3.05) is 45.8 Å². The van der Waals surface area contributed by atoms with Crippen molar-refractivity contribution in [3.8, 4) is 0 Å². The van der Waals surface area contributed by atoms with Crippen LogP contribution in [0.25, 0.3) is 6.08 Å². The average molecular weight is 460 g/mol. The Balaban J connectivity index is 1.64. The Morgan fingerprint density at radius 2 is 1.69 bits per heavy atom. The van der Waals surface area contributed by atoms with Crippen molar-refractivity contribution in [3.63, 3.8) is 0 Å². The molecule has 0 radical (unpaired) electrons. The molecule has 1 aliphatic rings. The molecule has 1 heterocycles. The van der Waals surface area contributed by atoms with Crippen molar-refractivity contribution < 1.29 is 17.6 Å². The molecule has 0 N–H and O–H groups in total. The summed E-state index contributed by atoms with van der Waals surface area (Å²) in [7, 11) is -3.77. The zero-order valence-electron chi connectivity index (χ0n) is 18.6. The second kappa shape index (κ2) is 10.8. The van der Waals surface area contributed by atoms with Crippen LogP contribution in [0, 0.1) is 5.82 Å². The molecular formula is C24H30FN3O3S. The minimum atomic E-state index is -3.77. The predicted molar refractivity (Wildman–Crippen MR) is 124 cm³/mol. The first-order valence-corrected chi connectivity index (χ1v) is 12.3. The number of rotatable bonds is 8. The fourth-order valence-corrected chi connectivity index (χ4v) is 5.23. The Morgan fingerprint density at radius 1 is 1.03 bits per heavy atom. The lowest BCUT2D eigenvalue weighted by Crippen LogP contribution is -2.48. The molecule has 1 fully saturated rings. The van der Waals surface area contributed by atoms with Gasteiger partial charge in [0.2, 0.25) is 10.0 Å². The molecule has 0 bridgehead atoms. The van der Waals surface area contributed by atoms with Gasteiger partial charge in [-0.1, -0.05) is 56.3 Å². The molecule has 32 heavy (non-hydrogen) atoms. The van der Waals surface area contributed by atoms with E-state index in [4.69, 9.17) is 0 Å². The monoisotopic (exact) mass is 459 g/mol. The molecule has 0 unspecified atom stereocenters. The SMILES string of the molecule is CCN(CC)S(=O)(=O)c1ccc(F)c(C(=O)N2CCN(C/C=C/c3ccccc3)CC2)c1. The van der Waals surface area contributed by atoms with Gasteiger partial charge in [0, 0.05) is 45.8 Å². The number of sulfonamides is 1. The van der Waals surface area contributed by atoms with Gasteiger partial charge in [-0.3, -0.25) is 9.69 Å². The lowest BCUT2D eigenvalue weighted by atomic mass is 10.1. The summed E-state index contributed by atoms with van der Waals surface area (Å²) in [6, 6.07) is 13.5. The number of piperazine rings is 1. The first-order chi connectivity index (χ1) is 15.4. The maximum absolute atomic E-state index is 14.5. The fourth-order valence-electron chi connectivity index (χ4n) is 3.75. The molecule has 8 heteroatoms. The number of carbonyl (C=O) groups excluding carboxylic acids is 1. The Kier molecular flexibility index (Phi) is 8.17. The number of carbonyl (C=O) groups is 1. The first-order valence-electron chi connectivity index (χ1n) is 10.9. The summed E-state index contributed by atoms with van der Waals surface area (Å²) in [6.07, 6.45) is 4.16. The topological polar surface area (TPSA) is 60.9 Å². The quantitative estimate of drug-likeness (QED) is 0.608. The van der Waals surface area contributed by atoms with Gasteiger partial charge >= 0.3 is 0 Å². The minimum absolute atomic E-state index is 0.0596. The van der Waals surface area contributed by atoms with Crippen LogP contribution in [0.4, 0.5) is 4.39 Å². The Labute approximate surface area is 190 Å². The minimum Gasteiger partial charge on any atom is -0.336 e. The second-order valence-corrected chi connectivity index (χ2v) is 9.57. The van der Waals surface area contributed by atoms with Crippen LogP contribution >= 0.6 is 0 Å². The first kappa shape index (κ1) is 24.1. The van der Waals surface area contributed by atoms with Crippen LogP contribution in [0.3, 0.4) is 0 Å². The van der Waals surface area contributed by atoms with E-state index in [1.54, 1.807) is 18.7 Å². The zero-order chi connectivity index (χ0) is 23.1. The van der Waals surface area contributed by atoms with Crippen molar-refractivity contribution in [2.24, 2.45) is 0 Å². The third-order valence-electron chi connectivity index (χ3n) is 5.64. The molecule has 6 nitrogen and oxygen atoms in total. The summed E-state index contributed by atoms with van der Waals surface area (Å²) in [4.78, 5) is 16.7. The number of nitrogens with zero attached hydrogens (tertiary/aromatic N) is 3. The summed E-state index contributed by atoms with van der Waals surface area (Å²) in [5.74, 6) is -1.18. The van der Waals surface area contributed by atoms with Crippen LogP contribution in [0.5, 0.6) is 0 Å². The maximum atomic E-state index is 14.5. The van der Waals surface area contributed by atoms with E-state index in [1.165, 1.54) is 16.4 Å². The molecule has 0 aromatic heterocycles. The summed E-state index contributed by atoms with van der Waals surface area (Å²) in [6.45, 7) is 7.13. The van der Waals surface area contributed by atoms with Gasteiger partial charge in [-0.05, 0) is 23.8 Å². The highest BCUT2D eigenvalue weighted by molar-refractivity contribution is 7.89. The number of amides is 1. The van der Waals surface area contributed by atoms with Crippen molar-refractivity contribution >= 4 is 22.0 Å². The number of halogens is 1. The van der Waals surface area contributed by atoms with Gasteiger partial charge in [0.15, 0.2) is 0 Å². The number of benzene rings is 2. The van der Waals surface area contributed by atoms with E-state index in [0.29, 0.717) is 39.3 Å². The van der Waals surface area contributed by atoms with Crippen LogP contribution in [0.15, 0.2) is 59.5 Å². The molecule has 172 valence electrons. The van der Waals surface area contributed by atoms with E-state index in [-0.39, 0.29) is 10.5 Å². The molecule has 0 spiro atoms. The molecule has 2 aromatic rings. The highest BCUT2D eigenvalue weighted by Crippen LogP contribution is 2.21. The smallest absolute Gasteiger partial charge is 0.256 e. The van der Waals surface area contributed by atoms with Crippen LogP contribution in [0.2, 0.25) is 0 Å². The highest BCUT2D eigenvalue weighted by Gasteiger charge is 2.27. The van der Waals surface area contributed by atoms with Crippen LogP contribution in [-0.4, -0.2) is 74.2 Å². The van der Waals surface area contributed by atoms with E-state index in [1.807, 2.05) is 30.3 Å². The molecule has 0 saturated carbocycles. The Morgan fingerprint density at radius 3 is 2.31 bits per heavy atom. The van der Waals surface area contributed by atoms with Gasteiger partial charge in [-0.2, -0.15) is 4.31 Å². The van der Waals surface area contributed by atoms with E-state index in [9.17, 15) is 17.6 Å². The van der Waals surface area contributed by atoms with Gasteiger partial charge in [0.1, 0.15) is 5.82 Å². The van der Waals surface area contributed by atoms with E-state index >= 15 is 0 Å². The molecule has 1 amide bonds. The van der Waals surface area contributed by atoms with Crippen LogP contribution in [-0.2, 0) is 10.0 Å². The number of hydrogen-bond acceptors (Lipinski definition) is 4. The lowest BCUT2D eigenvalue weighted by Gasteiger charge is -2.34. The van der Waals surface area contributed by atoms with Crippen molar-refractivity contribution in [1.29, 1.82) is 0 Å². The molecule has 3 rings (SSSR count). The molecule has 1 saturated heterocycles. The van der Waals surface area contributed by atoms with Gasteiger partial charge < -0.3 is 4.90 Å². The highest BCUT2D eigenvalue weighted by atomic mass is 32.2. The maximum Gasteiger partial charge on any atom is 0.256 e. The molecule has 2 aromatic carbocycles. The Hall–Kier alpha value is -2.55. The van der Waals surface area contributed by atoms with Crippen LogP contribution in [0.1, 0.15) is 29.8 Å². The summed E-state index contributed by atoms with van der Waals surface area (Å²) >= 11 is 0. The van der Waals surface area contributed by atoms with E-state index in [2.05, 4.69) is 17.1 Å². The zero-order valence-corrected chi connectivity index (χ0v) is 19.4. The van der Waals surface area contributed by atoms with Crippen LogP contribution < -0.4 is 0 Å². The largest absolute Gasteiger partial charge is 0.336 e. The molecule has 0 atom stereocenters. The summed E-state index contributed by atoms with van der Waals surface area (Å²) < 4.78 is 41.3. The average Bonchev–Trinajstić information content (AvgIpc) is 2.80. The van der Waals surface area contributed by atoms with Crippen molar-refractivity contribution in [1.82, 2.24) is 14.1 Å². The van der Waals surface area contributed by atoms with E-state index in [0.717, 1.165) is 18.2 Å². The third-order valence-corrected chi connectivity index (χ3v) is 7.69. The fraction of sp³-hybridized carbons (Fsp3) is 0.375. The van der Waals surface area contributed by atoms with Crippen molar-refractivity contribution in [2.45, 2.75) is 18.7 Å². The second-order valence-electron chi connectivity index (χ2n) is 7.64. The van der Waals surface area contributed by atoms with Crippen molar-refractivity contribution in [3.05, 3.63) is 71.6 Å². The lowest BCUT2D eigenvalue weighted by molar-refractivity contribution is 0.0645. The number of hydrogen-bond donors (Lipinski definition) is 0. The Bertz CT molecular complexity index is 1050. The van der Waals surface area contributed by atoms with Gasteiger partial charge in [0.05, 0.1) is 10.5 Å². The summed E-state index contributed by atoms with van der Waals surface area (Å²) in [5, 5.41) is 0. The predicted octanol–water partition coefficient (Wildman–Crippen LogP) is 3.33. The molecule has 1 aliphatic heterocycles. The normalized spacial score (nSPS) is 15.6. The summed E-state index contributed by atoms with van der Waals surface area (Å²) in [5.41, 5.74) is 0.937. The molecular weight excluding hydrogens is 429 g/mol. The van der Waals surface area contributed by atoms with Gasteiger partial charge in [0.25, 0.3) is 5.91 Å². The van der Waals surface area contributed by atoms with Gasteiger partial charge in [-0.15, -0.1) is 0 Å².